The summed E-state index contributed by atoms with van der Waals surface area (Å²) in [5.74, 6) is 1.51. The van der Waals surface area contributed by atoms with Crippen molar-refractivity contribution in [3.05, 3.63) is 122 Å². The number of nitrogens with zero attached hydrogens (tertiary/aromatic N) is 3. The molecule has 1 saturated heterocycles. The van der Waals surface area contributed by atoms with Crippen molar-refractivity contribution in [1.82, 2.24) is 15.2 Å². The first-order valence-corrected chi connectivity index (χ1v) is 19.4. The average Bonchev–Trinajstić information content (AvgIpc) is 3.55. The van der Waals surface area contributed by atoms with Gasteiger partial charge >= 0.3 is 0 Å². The number of pyridine rings is 1. The van der Waals surface area contributed by atoms with Gasteiger partial charge in [0.2, 0.25) is 0 Å². The fourth-order valence-corrected chi connectivity index (χ4v) is 7.79. The van der Waals surface area contributed by atoms with Crippen LogP contribution in [0, 0.1) is 37.0 Å². The number of hydrogen-bond acceptors (Lipinski definition) is 4. The average molecular weight is 689 g/mol. The maximum atomic E-state index is 9.37. The van der Waals surface area contributed by atoms with Gasteiger partial charge in [-0.15, -0.1) is 0 Å². The predicted molar refractivity (Wildman–Crippen MR) is 211 cm³/mol. The lowest BCUT2D eigenvalue weighted by Crippen LogP contribution is -2.21. The zero-order chi connectivity index (χ0) is 35.5. The first-order chi connectivity index (χ1) is 24.2. The fourth-order valence-electron chi connectivity index (χ4n) is 7.47. The number of rotatable bonds is 17. The van der Waals surface area contributed by atoms with Crippen molar-refractivity contribution in [3.8, 4) is 17.2 Å². The molecule has 4 aromatic rings. The molecule has 1 fully saturated rings. The van der Waals surface area contributed by atoms with E-state index in [1.54, 1.807) is 6.20 Å². The molecule has 50 heavy (non-hydrogen) atoms. The molecule has 5 rings (SSSR count). The summed E-state index contributed by atoms with van der Waals surface area (Å²) >= 11 is 7.24. The van der Waals surface area contributed by atoms with Crippen LogP contribution < -0.4 is 5.32 Å². The molecule has 2 atom stereocenters. The van der Waals surface area contributed by atoms with Crippen LogP contribution in [0.15, 0.2) is 67.0 Å². The van der Waals surface area contributed by atoms with E-state index in [9.17, 15) is 5.26 Å². The molecule has 0 bridgehead atoms. The van der Waals surface area contributed by atoms with Gasteiger partial charge in [-0.05, 0) is 153 Å². The van der Waals surface area contributed by atoms with Gasteiger partial charge in [0.25, 0.3) is 0 Å². The summed E-state index contributed by atoms with van der Waals surface area (Å²) in [5.41, 5.74) is 13.5. The Morgan fingerprint density at radius 1 is 0.900 bits per heavy atom. The zero-order valence-electron chi connectivity index (χ0n) is 31.1. The third-order valence-electron chi connectivity index (χ3n) is 10.9. The third-order valence-corrected chi connectivity index (χ3v) is 11.4. The molecule has 3 aromatic carbocycles. The Labute approximate surface area is 307 Å². The van der Waals surface area contributed by atoms with E-state index in [1.165, 1.54) is 89.8 Å². The van der Waals surface area contributed by atoms with Gasteiger partial charge in [0.15, 0.2) is 0 Å². The molecule has 0 spiro atoms. The monoisotopic (exact) mass is 688 g/mol. The molecule has 1 aromatic heterocycles. The largest absolute Gasteiger partial charge is 0.312 e. The Morgan fingerprint density at radius 2 is 1.66 bits per heavy atom. The van der Waals surface area contributed by atoms with Crippen LogP contribution in [0.4, 0.5) is 0 Å². The first kappa shape index (κ1) is 37.8. The predicted octanol–water partition coefficient (Wildman–Crippen LogP) is 10.3. The quantitative estimate of drug-likeness (QED) is 0.112. The number of aryl methyl sites for hydroxylation is 6. The third kappa shape index (κ3) is 10.3. The molecule has 264 valence electrons. The molecule has 1 aliphatic heterocycles. The molecular formula is C45H57ClN4. The SMILES string of the molecule is CCC(C)CNCc1cc(C)c(CCc2cccc(-c3cccc(CCCCN4CCC(C)C4)c3C)c2Cl)cc1CCc1cncc(C#N)c1. The Bertz CT molecular complexity index is 1750. The number of hydrogen-bond donors (Lipinski definition) is 1. The fraction of sp³-hybridized carbons (Fsp3) is 0.467. The van der Waals surface area contributed by atoms with Crippen LogP contribution in [0.25, 0.3) is 11.1 Å². The van der Waals surface area contributed by atoms with Crippen molar-refractivity contribution < 1.29 is 0 Å². The number of halogens is 1. The maximum absolute atomic E-state index is 9.37. The normalized spacial score (nSPS) is 15.3. The van der Waals surface area contributed by atoms with Crippen LogP contribution in [0.2, 0.25) is 5.02 Å². The molecule has 0 saturated carbocycles. The Kier molecular flexibility index (Phi) is 14.1. The topological polar surface area (TPSA) is 52.0 Å². The highest BCUT2D eigenvalue weighted by Crippen LogP contribution is 2.35. The molecule has 1 aliphatic rings. The second-order valence-electron chi connectivity index (χ2n) is 14.9. The van der Waals surface area contributed by atoms with Crippen LogP contribution in [0.3, 0.4) is 0 Å². The summed E-state index contributed by atoms with van der Waals surface area (Å²) in [6, 6.07) is 22.3. The number of benzene rings is 3. The Hall–Kier alpha value is -3.49. The number of nitrogens with one attached hydrogen (secondary N) is 1. The van der Waals surface area contributed by atoms with E-state index in [-0.39, 0.29) is 0 Å². The second-order valence-corrected chi connectivity index (χ2v) is 15.3. The van der Waals surface area contributed by atoms with E-state index < -0.39 is 0 Å². The number of nitriles is 1. The first-order valence-electron chi connectivity index (χ1n) is 19.0. The van der Waals surface area contributed by atoms with Gasteiger partial charge in [0.1, 0.15) is 6.07 Å². The van der Waals surface area contributed by atoms with Crippen LogP contribution in [-0.2, 0) is 38.6 Å². The van der Waals surface area contributed by atoms with Crippen molar-refractivity contribution in [1.29, 1.82) is 5.26 Å². The van der Waals surface area contributed by atoms with E-state index in [1.807, 2.05) is 12.3 Å². The molecule has 0 amide bonds. The molecule has 0 aliphatic carbocycles. The van der Waals surface area contributed by atoms with E-state index in [4.69, 9.17) is 11.6 Å². The molecule has 1 N–H and O–H groups in total. The zero-order valence-corrected chi connectivity index (χ0v) is 31.9. The molecule has 2 unspecified atom stereocenters. The number of unbranched alkanes of at least 4 members (excludes halogenated alkanes) is 1. The lowest BCUT2D eigenvalue weighted by molar-refractivity contribution is 0.320. The van der Waals surface area contributed by atoms with Crippen LogP contribution in [0.1, 0.15) is 96.5 Å². The van der Waals surface area contributed by atoms with Crippen molar-refractivity contribution in [3.63, 3.8) is 0 Å². The van der Waals surface area contributed by atoms with E-state index in [2.05, 4.69) is 104 Å². The smallest absolute Gasteiger partial charge is 0.101 e. The minimum Gasteiger partial charge on any atom is -0.312 e. The van der Waals surface area contributed by atoms with E-state index in [0.29, 0.717) is 11.5 Å². The minimum absolute atomic E-state index is 0.617. The van der Waals surface area contributed by atoms with Gasteiger partial charge in [0, 0.05) is 31.0 Å². The number of aromatic nitrogens is 1. The van der Waals surface area contributed by atoms with Crippen LogP contribution in [0.5, 0.6) is 0 Å². The molecule has 5 heteroatoms. The highest BCUT2D eigenvalue weighted by atomic mass is 35.5. The van der Waals surface area contributed by atoms with Crippen LogP contribution >= 0.6 is 11.6 Å². The highest BCUT2D eigenvalue weighted by molar-refractivity contribution is 6.34. The number of likely N-dealkylation sites (tertiary alicyclic amines) is 1. The summed E-state index contributed by atoms with van der Waals surface area (Å²) in [6.07, 6.45) is 13.2. The van der Waals surface area contributed by atoms with Gasteiger partial charge in [-0.3, -0.25) is 4.98 Å². The van der Waals surface area contributed by atoms with Crippen molar-refractivity contribution >= 4 is 11.6 Å². The van der Waals surface area contributed by atoms with Gasteiger partial charge in [-0.1, -0.05) is 87.3 Å². The molecular weight excluding hydrogens is 632 g/mol. The molecule has 0 radical (unpaired) electrons. The van der Waals surface area contributed by atoms with E-state index >= 15 is 0 Å². The summed E-state index contributed by atoms with van der Waals surface area (Å²) in [7, 11) is 0. The molecule has 2 heterocycles. The van der Waals surface area contributed by atoms with E-state index in [0.717, 1.165) is 67.3 Å². The van der Waals surface area contributed by atoms with Crippen LogP contribution in [-0.4, -0.2) is 36.1 Å². The van der Waals surface area contributed by atoms with Crippen molar-refractivity contribution in [2.45, 2.75) is 99.0 Å². The summed E-state index contributed by atoms with van der Waals surface area (Å²) < 4.78 is 0. The van der Waals surface area contributed by atoms with Gasteiger partial charge in [-0.25, -0.2) is 0 Å². The lowest BCUT2D eigenvalue weighted by atomic mass is 9.90. The van der Waals surface area contributed by atoms with Gasteiger partial charge < -0.3 is 10.2 Å². The summed E-state index contributed by atoms with van der Waals surface area (Å²) in [6.45, 7) is 17.1. The molecule has 4 nitrogen and oxygen atoms in total. The standard InChI is InChI=1S/C45H57ClN4/c1-6-32(2)27-48-30-42-23-34(4)40(25-41(42)17-16-36-24-37(26-47)29-49-28-36)19-18-39-13-10-15-44(45(39)46)43-14-9-12-38(35(43)5)11-7-8-21-50-22-20-33(3)31-50/h9-10,12-15,23-25,28-29,32-33,48H,6-8,11,16-22,27,30-31H2,1-5H3. The second kappa shape index (κ2) is 18.7. The minimum atomic E-state index is 0.617. The summed E-state index contributed by atoms with van der Waals surface area (Å²) in [4.78, 5) is 6.93. The summed E-state index contributed by atoms with van der Waals surface area (Å²) in [5, 5.41) is 14.0. The van der Waals surface area contributed by atoms with Crippen molar-refractivity contribution in [2.75, 3.05) is 26.2 Å². The van der Waals surface area contributed by atoms with Gasteiger partial charge in [0.05, 0.1) is 10.6 Å². The Morgan fingerprint density at radius 3 is 2.42 bits per heavy atom. The van der Waals surface area contributed by atoms with Crippen molar-refractivity contribution in [2.24, 2.45) is 11.8 Å². The lowest BCUT2D eigenvalue weighted by Gasteiger charge is -2.18. The highest BCUT2D eigenvalue weighted by Gasteiger charge is 2.18. The maximum Gasteiger partial charge on any atom is 0.101 e. The Balaban J connectivity index is 1.29. The van der Waals surface area contributed by atoms with Gasteiger partial charge in [-0.2, -0.15) is 5.26 Å².